The minimum absolute atomic E-state index is 0.0625. The molecule has 9 heteroatoms. The summed E-state index contributed by atoms with van der Waals surface area (Å²) in [6, 6.07) is 5.32. The van der Waals surface area contributed by atoms with Crippen molar-refractivity contribution in [2.24, 2.45) is 0 Å². The molecular formula is C19H21F3N2O3S. The van der Waals surface area contributed by atoms with Gasteiger partial charge in [0.05, 0.1) is 17.0 Å². The molecule has 0 aliphatic carbocycles. The summed E-state index contributed by atoms with van der Waals surface area (Å²) >= 11 is 0. The average Bonchev–Trinajstić information content (AvgIpc) is 3.02. The van der Waals surface area contributed by atoms with Gasteiger partial charge in [-0.3, -0.25) is 0 Å². The molecule has 0 radical (unpaired) electrons. The quantitative estimate of drug-likeness (QED) is 0.762. The molecule has 1 atom stereocenters. The van der Waals surface area contributed by atoms with Gasteiger partial charge in [0.2, 0.25) is 15.9 Å². The first kappa shape index (κ1) is 20.6. The summed E-state index contributed by atoms with van der Waals surface area (Å²) in [4.78, 5) is 4.08. The van der Waals surface area contributed by atoms with Gasteiger partial charge in [-0.2, -0.15) is 17.5 Å². The van der Waals surface area contributed by atoms with Crippen molar-refractivity contribution in [2.45, 2.75) is 44.4 Å². The standard InChI is InChI=1S/C19H21F3N2O3S/c1-12-8-13(2)18(14(3)9-12)28(25,26)24-7-5-16(11-24)27-17-10-15(4-6-23-17)19(20,21)22/h4,6,8-10,16H,5,7,11H2,1-3H3. The van der Waals surface area contributed by atoms with Crippen LogP contribution in [-0.2, 0) is 16.2 Å². The fraction of sp³-hybridized carbons (Fsp3) is 0.421. The Morgan fingerprint density at radius 1 is 1.14 bits per heavy atom. The zero-order chi connectivity index (χ0) is 20.7. The predicted molar refractivity (Wildman–Crippen MR) is 97.7 cm³/mol. The van der Waals surface area contributed by atoms with Gasteiger partial charge < -0.3 is 4.74 Å². The summed E-state index contributed by atoms with van der Waals surface area (Å²) in [6.07, 6.45) is -3.65. The number of aryl methyl sites for hydroxylation is 3. The number of pyridine rings is 1. The zero-order valence-corrected chi connectivity index (χ0v) is 16.6. The molecule has 1 saturated heterocycles. The van der Waals surface area contributed by atoms with Crippen LogP contribution < -0.4 is 4.74 Å². The number of sulfonamides is 1. The van der Waals surface area contributed by atoms with E-state index in [1.54, 1.807) is 13.8 Å². The SMILES string of the molecule is Cc1cc(C)c(S(=O)(=O)N2CCC(Oc3cc(C(F)(F)F)ccn3)C2)c(C)c1. The van der Waals surface area contributed by atoms with Gasteiger partial charge >= 0.3 is 6.18 Å². The number of halogens is 3. The number of ether oxygens (including phenoxy) is 1. The fourth-order valence-corrected chi connectivity index (χ4v) is 5.43. The van der Waals surface area contributed by atoms with Gasteiger partial charge in [0, 0.05) is 18.8 Å². The molecule has 0 bridgehead atoms. The highest BCUT2D eigenvalue weighted by molar-refractivity contribution is 7.89. The van der Waals surface area contributed by atoms with Crippen molar-refractivity contribution >= 4 is 10.0 Å². The van der Waals surface area contributed by atoms with Crippen molar-refractivity contribution in [3.05, 3.63) is 52.7 Å². The smallest absolute Gasteiger partial charge is 0.416 e. The maximum atomic E-state index is 13.1. The molecule has 1 aromatic carbocycles. The van der Waals surface area contributed by atoms with Gasteiger partial charge in [-0.25, -0.2) is 13.4 Å². The molecule has 1 fully saturated rings. The predicted octanol–water partition coefficient (Wildman–Crippen LogP) is 3.87. The summed E-state index contributed by atoms with van der Waals surface area (Å²) in [5, 5.41) is 0. The van der Waals surface area contributed by atoms with E-state index in [9.17, 15) is 21.6 Å². The molecule has 1 aliphatic heterocycles. The Hall–Kier alpha value is -2.13. The van der Waals surface area contributed by atoms with E-state index in [4.69, 9.17) is 4.74 Å². The van der Waals surface area contributed by atoms with Crippen LogP contribution in [0.1, 0.15) is 28.7 Å². The molecule has 5 nitrogen and oxygen atoms in total. The lowest BCUT2D eigenvalue weighted by atomic mass is 10.1. The van der Waals surface area contributed by atoms with Crippen LogP contribution in [-0.4, -0.2) is 36.9 Å². The average molecular weight is 414 g/mol. The van der Waals surface area contributed by atoms with Crippen LogP contribution >= 0.6 is 0 Å². The summed E-state index contributed by atoms with van der Waals surface area (Å²) in [7, 11) is -3.72. The van der Waals surface area contributed by atoms with Crippen LogP contribution in [0.4, 0.5) is 13.2 Å². The van der Waals surface area contributed by atoms with Crippen molar-refractivity contribution in [1.82, 2.24) is 9.29 Å². The third kappa shape index (κ3) is 4.15. The molecular weight excluding hydrogens is 393 g/mol. The van der Waals surface area contributed by atoms with Crippen molar-refractivity contribution in [1.29, 1.82) is 0 Å². The van der Waals surface area contributed by atoms with Crippen molar-refractivity contribution in [3.63, 3.8) is 0 Å². The van der Waals surface area contributed by atoms with E-state index in [-0.39, 0.29) is 23.9 Å². The number of hydrogen-bond donors (Lipinski definition) is 0. The first-order valence-corrected chi connectivity index (χ1v) is 10.2. The lowest BCUT2D eigenvalue weighted by Gasteiger charge is -2.20. The van der Waals surface area contributed by atoms with E-state index in [2.05, 4.69) is 4.98 Å². The second-order valence-corrected chi connectivity index (χ2v) is 8.87. The molecule has 1 aliphatic rings. The largest absolute Gasteiger partial charge is 0.473 e. The van der Waals surface area contributed by atoms with Crippen LogP contribution in [0.2, 0.25) is 0 Å². The normalized spacial score (nSPS) is 18.4. The first-order chi connectivity index (χ1) is 13.0. The Labute approximate surface area is 162 Å². The number of benzene rings is 1. The lowest BCUT2D eigenvalue weighted by Crippen LogP contribution is -2.32. The third-order valence-electron chi connectivity index (χ3n) is 4.66. The Kier molecular flexibility index (Phi) is 5.42. The molecule has 2 aromatic rings. The van der Waals surface area contributed by atoms with E-state index in [0.29, 0.717) is 17.5 Å². The monoisotopic (exact) mass is 414 g/mol. The molecule has 3 rings (SSSR count). The molecule has 0 amide bonds. The molecule has 0 N–H and O–H groups in total. The minimum Gasteiger partial charge on any atom is -0.473 e. The Balaban J connectivity index is 1.77. The maximum Gasteiger partial charge on any atom is 0.416 e. The van der Waals surface area contributed by atoms with Gasteiger partial charge in [-0.1, -0.05) is 17.7 Å². The number of hydrogen-bond acceptors (Lipinski definition) is 4. The molecule has 1 aromatic heterocycles. The molecule has 2 heterocycles. The van der Waals surface area contributed by atoms with Gasteiger partial charge in [0.15, 0.2) is 0 Å². The van der Waals surface area contributed by atoms with Gasteiger partial charge in [-0.05, 0) is 44.4 Å². The van der Waals surface area contributed by atoms with E-state index >= 15 is 0 Å². The number of nitrogens with zero attached hydrogens (tertiary/aromatic N) is 2. The Morgan fingerprint density at radius 2 is 1.79 bits per heavy atom. The van der Waals surface area contributed by atoms with Gasteiger partial charge in [0.25, 0.3) is 0 Å². The van der Waals surface area contributed by atoms with Gasteiger partial charge in [0.1, 0.15) is 6.10 Å². The Morgan fingerprint density at radius 3 is 2.39 bits per heavy atom. The minimum atomic E-state index is -4.49. The second kappa shape index (κ2) is 7.36. The van der Waals surface area contributed by atoms with E-state index in [1.807, 2.05) is 19.1 Å². The fourth-order valence-electron chi connectivity index (χ4n) is 3.54. The van der Waals surface area contributed by atoms with Crippen LogP contribution in [0.3, 0.4) is 0 Å². The van der Waals surface area contributed by atoms with Crippen molar-refractivity contribution < 1.29 is 26.3 Å². The van der Waals surface area contributed by atoms with E-state index in [0.717, 1.165) is 23.9 Å². The van der Waals surface area contributed by atoms with Crippen LogP contribution in [0.25, 0.3) is 0 Å². The molecule has 152 valence electrons. The highest BCUT2D eigenvalue weighted by atomic mass is 32.2. The van der Waals surface area contributed by atoms with Crippen LogP contribution in [0.15, 0.2) is 35.4 Å². The second-order valence-electron chi connectivity index (χ2n) is 7.00. The molecule has 28 heavy (non-hydrogen) atoms. The Bertz CT molecular complexity index is 967. The third-order valence-corrected chi connectivity index (χ3v) is 6.83. The summed E-state index contributed by atoms with van der Waals surface area (Å²) in [6.45, 7) is 5.71. The molecule has 1 unspecified atom stereocenters. The first-order valence-electron chi connectivity index (χ1n) is 8.76. The summed E-state index contributed by atoms with van der Waals surface area (Å²) in [5.41, 5.74) is 1.46. The highest BCUT2D eigenvalue weighted by Crippen LogP contribution is 2.32. The topological polar surface area (TPSA) is 59.5 Å². The highest BCUT2D eigenvalue weighted by Gasteiger charge is 2.36. The maximum absolute atomic E-state index is 13.1. The van der Waals surface area contributed by atoms with Crippen LogP contribution in [0.5, 0.6) is 5.88 Å². The number of aromatic nitrogens is 1. The van der Waals surface area contributed by atoms with E-state index < -0.39 is 27.9 Å². The molecule has 0 spiro atoms. The van der Waals surface area contributed by atoms with E-state index in [1.165, 1.54) is 4.31 Å². The summed E-state index contributed by atoms with van der Waals surface area (Å²) in [5.74, 6) is -0.165. The number of rotatable bonds is 4. The lowest BCUT2D eigenvalue weighted by molar-refractivity contribution is -0.137. The molecule has 0 saturated carbocycles. The van der Waals surface area contributed by atoms with Crippen molar-refractivity contribution in [2.75, 3.05) is 13.1 Å². The van der Waals surface area contributed by atoms with Crippen LogP contribution in [0, 0.1) is 20.8 Å². The number of alkyl halides is 3. The zero-order valence-electron chi connectivity index (χ0n) is 15.7. The van der Waals surface area contributed by atoms with Gasteiger partial charge in [-0.15, -0.1) is 0 Å². The van der Waals surface area contributed by atoms with Crippen molar-refractivity contribution in [3.8, 4) is 5.88 Å². The summed E-state index contributed by atoms with van der Waals surface area (Å²) < 4.78 is 71.5.